The minimum absolute atomic E-state index is 0. The van der Waals surface area contributed by atoms with Crippen molar-refractivity contribution in [2.45, 2.75) is 13.0 Å². The third-order valence-corrected chi connectivity index (χ3v) is 5.20. The zero-order valence-electron chi connectivity index (χ0n) is 16.1. The number of hydrogen-bond acceptors (Lipinski definition) is 8. The smallest absolute Gasteiger partial charge is 0.280 e. The number of nitrogens with one attached hydrogen (secondary N) is 1. The first-order chi connectivity index (χ1) is 13.7. The maximum Gasteiger partial charge on any atom is 0.280 e. The van der Waals surface area contributed by atoms with Gasteiger partial charge in [0.1, 0.15) is 0 Å². The van der Waals surface area contributed by atoms with E-state index in [-0.39, 0.29) is 18.4 Å². The summed E-state index contributed by atoms with van der Waals surface area (Å²) in [6, 6.07) is 9.96. The van der Waals surface area contributed by atoms with E-state index in [1.807, 2.05) is 37.3 Å². The SMILES string of the molecule is Cc1c(-c2nc(C3CNCCN3C)no2)nnn1-c1cccc2ncccc12.Cl. The molecule has 0 spiro atoms. The first-order valence-corrected chi connectivity index (χ1v) is 9.24. The van der Waals surface area contributed by atoms with Gasteiger partial charge in [-0.3, -0.25) is 9.88 Å². The summed E-state index contributed by atoms with van der Waals surface area (Å²) in [5.74, 6) is 1.05. The number of nitrogens with zero attached hydrogens (tertiary/aromatic N) is 7. The Labute approximate surface area is 173 Å². The quantitative estimate of drug-likeness (QED) is 0.546. The van der Waals surface area contributed by atoms with Crippen molar-refractivity contribution < 1.29 is 4.52 Å². The predicted molar refractivity (Wildman–Crippen MR) is 110 cm³/mol. The molecule has 150 valence electrons. The summed E-state index contributed by atoms with van der Waals surface area (Å²) in [7, 11) is 2.07. The van der Waals surface area contributed by atoms with Crippen LogP contribution in [0.4, 0.5) is 0 Å². The van der Waals surface area contributed by atoms with E-state index in [2.05, 4.69) is 42.7 Å². The third kappa shape index (κ3) is 3.37. The largest absolute Gasteiger partial charge is 0.332 e. The Morgan fingerprint density at radius 1 is 1.21 bits per heavy atom. The number of fused-ring (bicyclic) bond motifs is 1. The summed E-state index contributed by atoms with van der Waals surface area (Å²) in [4.78, 5) is 11.2. The van der Waals surface area contributed by atoms with Crippen molar-refractivity contribution in [1.82, 2.24) is 40.3 Å². The van der Waals surface area contributed by atoms with Crippen molar-refractivity contribution in [3.05, 3.63) is 48.0 Å². The second-order valence-electron chi connectivity index (χ2n) is 6.94. The van der Waals surface area contributed by atoms with Gasteiger partial charge in [0.05, 0.1) is 22.9 Å². The van der Waals surface area contributed by atoms with E-state index < -0.39 is 0 Å². The standard InChI is InChI=1S/C19H20N8O.ClH/c1-12-17(19-22-18(24-28-19)16-11-20-9-10-26(16)2)23-25-27(12)15-7-3-6-14-13(15)5-4-8-21-14;/h3-8,16,20H,9-11H2,1-2H3;1H. The number of pyridine rings is 1. The van der Waals surface area contributed by atoms with Crippen molar-refractivity contribution in [1.29, 1.82) is 0 Å². The second kappa shape index (κ2) is 7.86. The molecule has 0 radical (unpaired) electrons. The molecule has 1 N–H and O–H groups in total. The normalized spacial score (nSPS) is 17.4. The Bertz CT molecular complexity index is 1130. The average molecular weight is 413 g/mol. The molecule has 1 fully saturated rings. The van der Waals surface area contributed by atoms with Crippen LogP contribution in [-0.2, 0) is 0 Å². The number of benzene rings is 1. The van der Waals surface area contributed by atoms with Crippen molar-refractivity contribution in [2.24, 2.45) is 0 Å². The number of rotatable bonds is 3. The molecule has 0 aliphatic carbocycles. The van der Waals surface area contributed by atoms with Gasteiger partial charge in [-0.2, -0.15) is 4.98 Å². The van der Waals surface area contributed by atoms with Gasteiger partial charge in [-0.1, -0.05) is 16.4 Å². The van der Waals surface area contributed by atoms with Crippen LogP contribution in [0, 0.1) is 6.92 Å². The summed E-state index contributed by atoms with van der Waals surface area (Å²) >= 11 is 0. The predicted octanol–water partition coefficient (Wildman–Crippen LogP) is 2.17. The topological polar surface area (TPSA) is 97.8 Å². The first kappa shape index (κ1) is 19.4. The Morgan fingerprint density at radius 2 is 2.10 bits per heavy atom. The molecule has 4 heterocycles. The second-order valence-corrected chi connectivity index (χ2v) is 6.94. The van der Waals surface area contributed by atoms with Crippen LogP contribution in [0.25, 0.3) is 28.2 Å². The van der Waals surface area contributed by atoms with Gasteiger partial charge in [-0.05, 0) is 38.2 Å². The van der Waals surface area contributed by atoms with Crippen molar-refractivity contribution in [2.75, 3.05) is 26.7 Å². The molecule has 1 aliphatic rings. The lowest BCUT2D eigenvalue weighted by atomic mass is 10.2. The molecular formula is C19H21ClN8O. The lowest BCUT2D eigenvalue weighted by molar-refractivity contribution is 0.190. The van der Waals surface area contributed by atoms with Gasteiger partial charge in [-0.25, -0.2) is 4.68 Å². The minimum atomic E-state index is 0. The van der Waals surface area contributed by atoms with Crippen LogP contribution in [0.15, 0.2) is 41.1 Å². The highest BCUT2D eigenvalue weighted by atomic mass is 35.5. The summed E-state index contributed by atoms with van der Waals surface area (Å²) < 4.78 is 7.32. The molecule has 3 aromatic heterocycles. The number of aromatic nitrogens is 6. The number of likely N-dealkylation sites (N-methyl/N-ethyl adjacent to an activating group) is 1. The fourth-order valence-electron chi connectivity index (χ4n) is 3.59. The lowest BCUT2D eigenvalue weighted by Crippen LogP contribution is -2.44. The van der Waals surface area contributed by atoms with E-state index in [0.717, 1.165) is 41.9 Å². The molecule has 0 bridgehead atoms. The molecule has 1 aliphatic heterocycles. The van der Waals surface area contributed by atoms with Crippen LogP contribution in [0.3, 0.4) is 0 Å². The molecule has 1 atom stereocenters. The number of piperazine rings is 1. The van der Waals surface area contributed by atoms with E-state index in [0.29, 0.717) is 17.4 Å². The summed E-state index contributed by atoms with van der Waals surface area (Å²) in [5.41, 5.74) is 3.25. The van der Waals surface area contributed by atoms with Crippen LogP contribution in [0.1, 0.15) is 17.6 Å². The maximum atomic E-state index is 5.53. The number of halogens is 1. The highest BCUT2D eigenvalue weighted by Crippen LogP contribution is 2.27. The first-order valence-electron chi connectivity index (χ1n) is 9.24. The highest BCUT2D eigenvalue weighted by molar-refractivity contribution is 5.87. The molecule has 1 unspecified atom stereocenters. The van der Waals surface area contributed by atoms with E-state index in [1.54, 1.807) is 10.9 Å². The summed E-state index contributed by atoms with van der Waals surface area (Å²) in [6.07, 6.45) is 1.78. The van der Waals surface area contributed by atoms with E-state index >= 15 is 0 Å². The molecule has 5 rings (SSSR count). The van der Waals surface area contributed by atoms with Crippen molar-refractivity contribution in [3.63, 3.8) is 0 Å². The van der Waals surface area contributed by atoms with Crippen molar-refractivity contribution >= 4 is 23.3 Å². The van der Waals surface area contributed by atoms with Gasteiger partial charge in [0, 0.05) is 31.2 Å². The maximum absolute atomic E-state index is 5.53. The Balaban J connectivity index is 0.00000205. The molecule has 10 heteroatoms. The zero-order chi connectivity index (χ0) is 19.1. The minimum Gasteiger partial charge on any atom is -0.332 e. The van der Waals surface area contributed by atoms with Gasteiger partial charge >= 0.3 is 0 Å². The van der Waals surface area contributed by atoms with Gasteiger partial charge < -0.3 is 9.84 Å². The molecule has 1 saturated heterocycles. The van der Waals surface area contributed by atoms with Crippen LogP contribution < -0.4 is 5.32 Å². The van der Waals surface area contributed by atoms with Crippen LogP contribution in [-0.4, -0.2) is 61.7 Å². The Morgan fingerprint density at radius 3 is 2.97 bits per heavy atom. The molecule has 9 nitrogen and oxygen atoms in total. The Hall–Kier alpha value is -2.88. The third-order valence-electron chi connectivity index (χ3n) is 5.20. The molecule has 0 saturated carbocycles. The van der Waals surface area contributed by atoms with Gasteiger partial charge in [0.25, 0.3) is 5.89 Å². The van der Waals surface area contributed by atoms with Gasteiger partial charge in [-0.15, -0.1) is 17.5 Å². The van der Waals surface area contributed by atoms with E-state index in [4.69, 9.17) is 4.52 Å². The lowest BCUT2D eigenvalue weighted by Gasteiger charge is -2.30. The van der Waals surface area contributed by atoms with Crippen molar-refractivity contribution in [3.8, 4) is 17.3 Å². The molecular weight excluding hydrogens is 392 g/mol. The fourth-order valence-corrected chi connectivity index (χ4v) is 3.59. The summed E-state index contributed by atoms with van der Waals surface area (Å²) in [5, 5.41) is 17.2. The number of hydrogen-bond donors (Lipinski definition) is 1. The van der Waals surface area contributed by atoms with Gasteiger partial charge in [0.2, 0.25) is 0 Å². The van der Waals surface area contributed by atoms with E-state index in [1.165, 1.54) is 0 Å². The molecule has 29 heavy (non-hydrogen) atoms. The van der Waals surface area contributed by atoms with Crippen LogP contribution >= 0.6 is 12.4 Å². The molecule has 4 aromatic rings. The molecule has 1 aromatic carbocycles. The fraction of sp³-hybridized carbons (Fsp3) is 0.316. The zero-order valence-corrected chi connectivity index (χ0v) is 16.9. The van der Waals surface area contributed by atoms with Crippen LogP contribution in [0.5, 0.6) is 0 Å². The van der Waals surface area contributed by atoms with Gasteiger partial charge in [0.15, 0.2) is 11.5 Å². The Kier molecular flexibility index (Phi) is 5.27. The average Bonchev–Trinajstić information content (AvgIpc) is 3.35. The molecule has 0 amide bonds. The van der Waals surface area contributed by atoms with E-state index in [9.17, 15) is 0 Å². The van der Waals surface area contributed by atoms with Crippen LogP contribution in [0.2, 0.25) is 0 Å². The highest BCUT2D eigenvalue weighted by Gasteiger charge is 2.27. The monoisotopic (exact) mass is 412 g/mol. The summed E-state index contributed by atoms with van der Waals surface area (Å²) in [6.45, 7) is 4.65.